The monoisotopic (exact) mass is 284 g/mol. The molecule has 1 aromatic heterocycles. The Kier molecular flexibility index (Phi) is 5.46. The maximum absolute atomic E-state index is 12.1. The maximum Gasteiger partial charge on any atom is 0.249 e. The molecule has 0 unspecified atom stereocenters. The third-order valence-electron chi connectivity index (χ3n) is 3.20. The molecule has 1 heterocycles. The first kappa shape index (κ1) is 15.2. The van der Waals surface area contributed by atoms with Crippen LogP contribution in [0.1, 0.15) is 31.1 Å². The summed E-state index contributed by atoms with van der Waals surface area (Å²) in [4.78, 5) is 16.3. The number of ether oxygens (including phenoxy) is 1. The van der Waals surface area contributed by atoms with Gasteiger partial charge < -0.3 is 10.1 Å². The highest BCUT2D eigenvalue weighted by Crippen LogP contribution is 2.09. The minimum Gasteiger partial charge on any atom is -0.364 e. The molecule has 0 aliphatic heterocycles. The summed E-state index contributed by atoms with van der Waals surface area (Å²) in [6.07, 6.45) is 1.21. The lowest BCUT2D eigenvalue weighted by atomic mass is 10.2. The molecule has 1 N–H and O–H groups in total. The van der Waals surface area contributed by atoms with E-state index in [0.717, 1.165) is 11.3 Å². The summed E-state index contributed by atoms with van der Waals surface area (Å²) in [5.41, 5.74) is 1.89. The SMILES string of the molecule is C[C@H](NC(=O)[C@@H](C)OCc1ccccc1)c1ccccn1. The molecule has 110 valence electrons. The minimum atomic E-state index is -0.503. The molecule has 0 aliphatic carbocycles. The largest absolute Gasteiger partial charge is 0.364 e. The van der Waals surface area contributed by atoms with Crippen molar-refractivity contribution < 1.29 is 9.53 Å². The fraction of sp³-hybridized carbons (Fsp3) is 0.294. The Morgan fingerprint density at radius 2 is 1.86 bits per heavy atom. The molecular weight excluding hydrogens is 264 g/mol. The molecule has 0 spiro atoms. The van der Waals surface area contributed by atoms with Crippen molar-refractivity contribution in [1.82, 2.24) is 10.3 Å². The molecule has 0 bridgehead atoms. The van der Waals surface area contributed by atoms with Crippen molar-refractivity contribution in [3.05, 3.63) is 66.0 Å². The van der Waals surface area contributed by atoms with Crippen molar-refractivity contribution in [3.63, 3.8) is 0 Å². The van der Waals surface area contributed by atoms with Crippen molar-refractivity contribution >= 4 is 5.91 Å². The summed E-state index contributed by atoms with van der Waals surface area (Å²) in [5, 5.41) is 2.91. The van der Waals surface area contributed by atoms with E-state index in [1.165, 1.54) is 0 Å². The summed E-state index contributed by atoms with van der Waals surface area (Å²) < 4.78 is 5.59. The fourth-order valence-electron chi connectivity index (χ4n) is 1.91. The standard InChI is InChI=1S/C17H20N2O2/c1-13(16-10-6-7-11-18-16)19-17(20)14(2)21-12-15-8-4-3-5-9-15/h3-11,13-14H,12H2,1-2H3,(H,19,20)/t13-,14+/m0/s1. The quantitative estimate of drug-likeness (QED) is 0.887. The maximum atomic E-state index is 12.1. The zero-order valence-corrected chi connectivity index (χ0v) is 12.3. The number of aromatic nitrogens is 1. The molecular formula is C17H20N2O2. The Bertz CT molecular complexity index is 558. The highest BCUT2D eigenvalue weighted by Gasteiger charge is 2.17. The first-order valence-electron chi connectivity index (χ1n) is 7.03. The van der Waals surface area contributed by atoms with E-state index in [1.54, 1.807) is 13.1 Å². The smallest absolute Gasteiger partial charge is 0.249 e. The second kappa shape index (κ2) is 7.55. The van der Waals surface area contributed by atoms with Gasteiger partial charge in [0.25, 0.3) is 0 Å². The summed E-state index contributed by atoms with van der Waals surface area (Å²) in [6, 6.07) is 15.3. The van der Waals surface area contributed by atoms with E-state index < -0.39 is 6.10 Å². The third-order valence-corrected chi connectivity index (χ3v) is 3.20. The van der Waals surface area contributed by atoms with Gasteiger partial charge in [0, 0.05) is 6.20 Å². The molecule has 4 nitrogen and oxygen atoms in total. The minimum absolute atomic E-state index is 0.135. The summed E-state index contributed by atoms with van der Waals surface area (Å²) in [6.45, 7) is 4.08. The number of benzene rings is 1. The Balaban J connectivity index is 1.82. The molecule has 1 amide bonds. The number of carbonyl (C=O) groups excluding carboxylic acids is 1. The average Bonchev–Trinajstić information content (AvgIpc) is 2.54. The zero-order valence-electron chi connectivity index (χ0n) is 12.3. The Labute approximate surface area is 125 Å². The first-order valence-corrected chi connectivity index (χ1v) is 7.03. The molecule has 4 heteroatoms. The number of amides is 1. The van der Waals surface area contributed by atoms with Gasteiger partial charge in [0.15, 0.2) is 0 Å². The Morgan fingerprint density at radius 3 is 2.52 bits per heavy atom. The predicted octanol–water partition coefficient (Wildman–Crippen LogP) is 2.86. The number of hydrogen-bond donors (Lipinski definition) is 1. The molecule has 0 saturated carbocycles. The molecule has 1 aromatic carbocycles. The number of hydrogen-bond acceptors (Lipinski definition) is 3. The van der Waals surface area contributed by atoms with Crippen LogP contribution < -0.4 is 5.32 Å². The van der Waals surface area contributed by atoms with Gasteiger partial charge in [0.05, 0.1) is 18.3 Å². The van der Waals surface area contributed by atoms with E-state index in [0.29, 0.717) is 6.61 Å². The van der Waals surface area contributed by atoms with Gasteiger partial charge in [-0.3, -0.25) is 9.78 Å². The molecule has 0 radical (unpaired) electrons. The first-order chi connectivity index (χ1) is 10.2. The van der Waals surface area contributed by atoms with Gasteiger partial charge in [-0.15, -0.1) is 0 Å². The van der Waals surface area contributed by atoms with Crippen LogP contribution in [0.15, 0.2) is 54.7 Å². The lowest BCUT2D eigenvalue weighted by Crippen LogP contribution is -2.36. The number of pyridine rings is 1. The van der Waals surface area contributed by atoms with E-state index in [2.05, 4.69) is 10.3 Å². The van der Waals surface area contributed by atoms with Crippen LogP contribution in [0.25, 0.3) is 0 Å². The lowest BCUT2D eigenvalue weighted by Gasteiger charge is -2.17. The van der Waals surface area contributed by atoms with Gasteiger partial charge in [-0.1, -0.05) is 36.4 Å². The van der Waals surface area contributed by atoms with Crippen LogP contribution in [0.2, 0.25) is 0 Å². The second-order valence-corrected chi connectivity index (χ2v) is 4.92. The van der Waals surface area contributed by atoms with Crippen LogP contribution in [0.3, 0.4) is 0 Å². The van der Waals surface area contributed by atoms with Crippen molar-refractivity contribution in [2.75, 3.05) is 0 Å². The van der Waals surface area contributed by atoms with Crippen LogP contribution in [0.4, 0.5) is 0 Å². The van der Waals surface area contributed by atoms with Gasteiger partial charge >= 0.3 is 0 Å². The van der Waals surface area contributed by atoms with E-state index in [9.17, 15) is 4.79 Å². The van der Waals surface area contributed by atoms with Gasteiger partial charge in [0.1, 0.15) is 6.10 Å². The summed E-state index contributed by atoms with van der Waals surface area (Å²) >= 11 is 0. The average molecular weight is 284 g/mol. The van der Waals surface area contributed by atoms with Crippen molar-refractivity contribution in [2.24, 2.45) is 0 Å². The topological polar surface area (TPSA) is 51.2 Å². The van der Waals surface area contributed by atoms with E-state index in [-0.39, 0.29) is 11.9 Å². The normalized spacial score (nSPS) is 13.4. The fourth-order valence-corrected chi connectivity index (χ4v) is 1.91. The van der Waals surface area contributed by atoms with Gasteiger partial charge in [0.2, 0.25) is 5.91 Å². The van der Waals surface area contributed by atoms with Crippen molar-refractivity contribution in [3.8, 4) is 0 Å². The highest BCUT2D eigenvalue weighted by atomic mass is 16.5. The zero-order chi connectivity index (χ0) is 15.1. The van der Waals surface area contributed by atoms with Gasteiger partial charge in [-0.05, 0) is 31.5 Å². The van der Waals surface area contributed by atoms with Crippen molar-refractivity contribution in [2.45, 2.75) is 32.6 Å². The third kappa shape index (κ3) is 4.68. The predicted molar refractivity (Wildman–Crippen MR) is 81.5 cm³/mol. The van der Waals surface area contributed by atoms with E-state index in [4.69, 9.17) is 4.74 Å². The summed E-state index contributed by atoms with van der Waals surface area (Å²) in [5.74, 6) is -0.135. The van der Waals surface area contributed by atoms with Crippen LogP contribution in [-0.2, 0) is 16.1 Å². The lowest BCUT2D eigenvalue weighted by molar-refractivity contribution is -0.133. The second-order valence-electron chi connectivity index (χ2n) is 4.92. The molecule has 21 heavy (non-hydrogen) atoms. The van der Waals surface area contributed by atoms with Crippen LogP contribution in [0.5, 0.6) is 0 Å². The molecule has 2 rings (SSSR count). The van der Waals surface area contributed by atoms with E-state index >= 15 is 0 Å². The van der Waals surface area contributed by atoms with Crippen LogP contribution in [0, 0.1) is 0 Å². The highest BCUT2D eigenvalue weighted by molar-refractivity contribution is 5.80. The number of nitrogens with one attached hydrogen (secondary N) is 1. The van der Waals surface area contributed by atoms with Gasteiger partial charge in [-0.25, -0.2) is 0 Å². The summed E-state index contributed by atoms with van der Waals surface area (Å²) in [7, 11) is 0. The number of nitrogens with zero attached hydrogens (tertiary/aromatic N) is 1. The van der Waals surface area contributed by atoms with Crippen molar-refractivity contribution in [1.29, 1.82) is 0 Å². The molecule has 0 fully saturated rings. The van der Waals surface area contributed by atoms with Gasteiger partial charge in [-0.2, -0.15) is 0 Å². The van der Waals surface area contributed by atoms with E-state index in [1.807, 2.05) is 55.5 Å². The molecule has 0 aliphatic rings. The number of rotatable bonds is 6. The molecule has 2 atom stereocenters. The molecule has 2 aromatic rings. The number of carbonyl (C=O) groups is 1. The van der Waals surface area contributed by atoms with Crippen LogP contribution >= 0.6 is 0 Å². The Morgan fingerprint density at radius 1 is 1.14 bits per heavy atom. The van der Waals surface area contributed by atoms with Crippen LogP contribution in [-0.4, -0.2) is 17.0 Å². The Hall–Kier alpha value is -2.20. The molecule has 0 saturated heterocycles.